The van der Waals surface area contributed by atoms with Crippen molar-refractivity contribution in [2.75, 3.05) is 36.5 Å². The fourth-order valence-electron chi connectivity index (χ4n) is 3.28. The van der Waals surface area contributed by atoms with Crippen molar-refractivity contribution in [3.63, 3.8) is 0 Å². The van der Waals surface area contributed by atoms with Crippen LogP contribution in [0.4, 0.5) is 11.6 Å². The van der Waals surface area contributed by atoms with Crippen LogP contribution in [0.1, 0.15) is 5.56 Å². The summed E-state index contributed by atoms with van der Waals surface area (Å²) in [6.45, 7) is 0.720. The number of benzene rings is 1. The van der Waals surface area contributed by atoms with Crippen LogP contribution in [0.5, 0.6) is 0 Å². The van der Waals surface area contributed by atoms with Crippen LogP contribution in [0.25, 0.3) is 22.3 Å². The zero-order chi connectivity index (χ0) is 19.0. The lowest BCUT2D eigenvalue weighted by atomic mass is 10.1. The lowest BCUT2D eigenvalue weighted by molar-refractivity contribution is -0.543. The van der Waals surface area contributed by atoms with Crippen LogP contribution in [-0.2, 0) is 9.84 Å². The highest BCUT2D eigenvalue weighted by atomic mass is 32.2. The number of aromatic nitrogens is 4. The molecule has 3 aromatic rings. The molecule has 4 N–H and O–H groups in total. The van der Waals surface area contributed by atoms with Gasteiger partial charge in [-0.15, -0.1) is 0 Å². The lowest BCUT2D eigenvalue weighted by Crippen LogP contribution is -2.74. The van der Waals surface area contributed by atoms with Crippen LogP contribution in [0, 0.1) is 5.41 Å². The van der Waals surface area contributed by atoms with Crippen molar-refractivity contribution in [2.24, 2.45) is 0 Å². The number of nitrogens with two attached hydrogens (primary N) is 1. The molecule has 1 fully saturated rings. The Balaban J connectivity index is 1.87. The van der Waals surface area contributed by atoms with Crippen molar-refractivity contribution in [2.45, 2.75) is 0 Å². The van der Waals surface area contributed by atoms with E-state index in [0.717, 1.165) is 16.5 Å². The summed E-state index contributed by atoms with van der Waals surface area (Å²) in [7, 11) is -1.14. The summed E-state index contributed by atoms with van der Waals surface area (Å²) in [6, 6.07) is 5.77. The maximum Gasteiger partial charge on any atom is 0.238 e. The molecule has 1 aliphatic rings. The predicted octanol–water partition coefficient (Wildman–Crippen LogP) is 0.0771. The normalized spacial score (nSPS) is 16.6. The number of quaternary nitrogens is 1. The third kappa shape index (κ3) is 3.17. The SMILES string of the molecule is C[NH2+]c1nc(-c2cccc3[nH]ncc23)nc(N2CCS(=O)(=O)CC2)c1C=N. The first-order valence-electron chi connectivity index (χ1n) is 8.62. The van der Waals surface area contributed by atoms with Gasteiger partial charge in [-0.3, -0.25) is 10.4 Å². The summed E-state index contributed by atoms with van der Waals surface area (Å²) >= 11 is 0. The molecule has 10 heteroatoms. The maximum atomic E-state index is 11.8. The first-order valence-corrected chi connectivity index (χ1v) is 10.4. The molecule has 0 radical (unpaired) electrons. The number of nitrogens with zero attached hydrogens (tertiary/aromatic N) is 4. The molecular formula is C17H20N7O2S+. The predicted molar refractivity (Wildman–Crippen MR) is 103 cm³/mol. The minimum Gasteiger partial charge on any atom is -0.354 e. The molecular weight excluding hydrogens is 366 g/mol. The molecule has 0 bridgehead atoms. The van der Waals surface area contributed by atoms with Crippen LogP contribution in [0.15, 0.2) is 24.4 Å². The second kappa shape index (κ2) is 6.71. The molecule has 3 heterocycles. The summed E-state index contributed by atoms with van der Waals surface area (Å²) in [4.78, 5) is 11.3. The molecule has 0 spiro atoms. The van der Waals surface area contributed by atoms with Crippen LogP contribution in [0.2, 0.25) is 0 Å². The van der Waals surface area contributed by atoms with Gasteiger partial charge in [0.25, 0.3) is 0 Å². The number of aromatic amines is 1. The van der Waals surface area contributed by atoms with Gasteiger partial charge in [0.15, 0.2) is 15.7 Å². The van der Waals surface area contributed by atoms with E-state index >= 15 is 0 Å². The first kappa shape index (κ1) is 17.6. The molecule has 1 saturated heterocycles. The Hall–Kier alpha value is -2.85. The quantitative estimate of drug-likeness (QED) is 0.544. The zero-order valence-electron chi connectivity index (χ0n) is 14.8. The Morgan fingerprint density at radius 1 is 1.26 bits per heavy atom. The Morgan fingerprint density at radius 2 is 2.04 bits per heavy atom. The van der Waals surface area contributed by atoms with Gasteiger partial charge in [-0.05, 0) is 6.07 Å². The molecule has 2 aromatic heterocycles. The highest BCUT2D eigenvalue weighted by Crippen LogP contribution is 2.30. The third-order valence-electron chi connectivity index (χ3n) is 4.74. The molecule has 27 heavy (non-hydrogen) atoms. The molecule has 4 rings (SSSR count). The van der Waals surface area contributed by atoms with E-state index in [1.54, 1.807) is 6.20 Å². The number of fused-ring (bicyclic) bond motifs is 1. The van der Waals surface area contributed by atoms with Gasteiger partial charge in [0.1, 0.15) is 11.4 Å². The number of hydrogen-bond donors (Lipinski definition) is 3. The molecule has 1 aromatic carbocycles. The number of hydrogen-bond acceptors (Lipinski definition) is 7. The highest BCUT2D eigenvalue weighted by Gasteiger charge is 2.27. The van der Waals surface area contributed by atoms with E-state index in [4.69, 9.17) is 10.4 Å². The van der Waals surface area contributed by atoms with Crippen molar-refractivity contribution >= 4 is 38.6 Å². The van der Waals surface area contributed by atoms with Gasteiger partial charge in [0, 0.05) is 30.3 Å². The van der Waals surface area contributed by atoms with E-state index in [1.165, 1.54) is 6.21 Å². The fourth-order valence-corrected chi connectivity index (χ4v) is 4.48. The fraction of sp³-hybridized carbons (Fsp3) is 0.294. The monoisotopic (exact) mass is 386 g/mol. The average Bonchev–Trinajstić information content (AvgIpc) is 3.15. The van der Waals surface area contributed by atoms with Gasteiger partial charge < -0.3 is 10.3 Å². The lowest BCUT2D eigenvalue weighted by Gasteiger charge is -2.29. The van der Waals surface area contributed by atoms with E-state index in [0.29, 0.717) is 36.1 Å². The highest BCUT2D eigenvalue weighted by molar-refractivity contribution is 7.91. The zero-order valence-corrected chi connectivity index (χ0v) is 15.6. The van der Waals surface area contributed by atoms with Gasteiger partial charge in [-0.25, -0.2) is 13.4 Å². The number of H-pyrrole nitrogens is 1. The standard InChI is InChI=1S/C17H19N7O2S/c1-19-15-12(9-18)17(24-5-7-27(25,26)8-6-24)22-16(21-15)11-3-2-4-14-13(11)10-20-23-14/h2-4,9-10,18H,5-8H2,1H3,(H,20,23)(H,19,21,22)/p+1. The third-order valence-corrected chi connectivity index (χ3v) is 6.35. The van der Waals surface area contributed by atoms with E-state index in [-0.39, 0.29) is 11.5 Å². The van der Waals surface area contributed by atoms with Crippen molar-refractivity contribution in [1.29, 1.82) is 5.41 Å². The summed E-state index contributed by atoms with van der Waals surface area (Å²) in [5.74, 6) is 1.96. The van der Waals surface area contributed by atoms with Crippen molar-refractivity contribution < 1.29 is 13.7 Å². The van der Waals surface area contributed by atoms with Gasteiger partial charge in [0.05, 0.1) is 30.3 Å². The van der Waals surface area contributed by atoms with E-state index in [1.807, 2.05) is 35.5 Å². The second-order valence-corrected chi connectivity index (χ2v) is 8.68. The van der Waals surface area contributed by atoms with Crippen molar-refractivity contribution in [3.8, 4) is 11.4 Å². The minimum absolute atomic E-state index is 0.0895. The van der Waals surface area contributed by atoms with E-state index in [2.05, 4.69) is 15.2 Å². The van der Waals surface area contributed by atoms with Crippen LogP contribution in [0.3, 0.4) is 0 Å². The maximum absolute atomic E-state index is 11.8. The number of nitrogens with one attached hydrogen (secondary N) is 2. The average molecular weight is 386 g/mol. The summed E-state index contributed by atoms with van der Waals surface area (Å²) in [6.07, 6.45) is 2.97. The minimum atomic E-state index is -3.00. The van der Waals surface area contributed by atoms with Gasteiger partial charge >= 0.3 is 0 Å². The Morgan fingerprint density at radius 3 is 2.74 bits per heavy atom. The van der Waals surface area contributed by atoms with Crippen molar-refractivity contribution in [3.05, 3.63) is 30.0 Å². The molecule has 0 saturated carbocycles. The molecule has 140 valence electrons. The topological polar surface area (TPSA) is 132 Å². The summed E-state index contributed by atoms with van der Waals surface area (Å²) < 4.78 is 23.6. The van der Waals surface area contributed by atoms with Gasteiger partial charge in [-0.2, -0.15) is 10.1 Å². The van der Waals surface area contributed by atoms with Crippen LogP contribution < -0.4 is 10.2 Å². The summed E-state index contributed by atoms with van der Waals surface area (Å²) in [5, 5.41) is 17.6. The Labute approximate surface area is 156 Å². The number of sulfone groups is 1. The largest absolute Gasteiger partial charge is 0.354 e. The van der Waals surface area contributed by atoms with Gasteiger partial charge in [0.2, 0.25) is 5.82 Å². The first-order chi connectivity index (χ1) is 13.0. The Bertz CT molecular complexity index is 1110. The summed E-state index contributed by atoms with van der Waals surface area (Å²) in [5.41, 5.74) is 2.33. The number of anilines is 1. The smallest absolute Gasteiger partial charge is 0.238 e. The molecule has 0 aliphatic carbocycles. The van der Waals surface area contributed by atoms with E-state index < -0.39 is 9.84 Å². The van der Waals surface area contributed by atoms with Crippen molar-refractivity contribution in [1.82, 2.24) is 20.2 Å². The molecule has 1 aliphatic heterocycles. The number of rotatable bonds is 4. The van der Waals surface area contributed by atoms with Gasteiger partial charge in [-0.1, -0.05) is 12.1 Å². The molecule has 9 nitrogen and oxygen atoms in total. The molecule has 0 unspecified atom stereocenters. The molecule has 0 atom stereocenters. The second-order valence-electron chi connectivity index (χ2n) is 6.38. The van der Waals surface area contributed by atoms with E-state index in [9.17, 15) is 8.42 Å². The Kier molecular flexibility index (Phi) is 4.36. The molecule has 0 amide bonds. The van der Waals surface area contributed by atoms with Crippen LogP contribution in [-0.4, -0.2) is 66.4 Å². The van der Waals surface area contributed by atoms with Crippen LogP contribution >= 0.6 is 0 Å².